The number of nitrogens with zero attached hydrogens (tertiary/aromatic N) is 2. The first-order valence-corrected chi connectivity index (χ1v) is 10.5. The van der Waals surface area contributed by atoms with Gasteiger partial charge in [-0.15, -0.1) is 11.8 Å². The van der Waals surface area contributed by atoms with Gasteiger partial charge in [-0.2, -0.15) is 13.2 Å². The van der Waals surface area contributed by atoms with Gasteiger partial charge in [0.2, 0.25) is 5.91 Å². The quantitative estimate of drug-likeness (QED) is 0.598. The summed E-state index contributed by atoms with van der Waals surface area (Å²) in [5, 5.41) is 0.333. The Morgan fingerprint density at radius 3 is 2.41 bits per heavy atom. The van der Waals surface area contributed by atoms with E-state index >= 15 is 0 Å². The molecule has 2 aromatic carbocycles. The Balaban J connectivity index is 1.50. The third-order valence-electron chi connectivity index (χ3n) is 4.70. The average molecular weight is 447 g/mol. The number of carbonyl (C=O) groups is 1. The fourth-order valence-corrected chi connectivity index (χ4v) is 4.36. The predicted molar refractivity (Wildman–Crippen MR) is 108 cm³/mol. The molecule has 3 rings (SSSR count). The van der Waals surface area contributed by atoms with E-state index in [9.17, 15) is 22.4 Å². The number of hydrogen-bond acceptors (Lipinski definition) is 3. The van der Waals surface area contributed by atoms with Crippen LogP contribution in [0, 0.1) is 5.82 Å². The highest BCUT2D eigenvalue weighted by Gasteiger charge is 2.31. The maximum Gasteiger partial charge on any atom is 0.416 e. The molecule has 1 aliphatic rings. The summed E-state index contributed by atoms with van der Waals surface area (Å²) in [7, 11) is 0. The van der Waals surface area contributed by atoms with Crippen molar-refractivity contribution in [3.8, 4) is 0 Å². The summed E-state index contributed by atoms with van der Waals surface area (Å²) < 4.78 is 52.4. The van der Waals surface area contributed by atoms with Gasteiger partial charge in [0, 0.05) is 48.2 Å². The molecule has 156 valence electrons. The third kappa shape index (κ3) is 5.57. The summed E-state index contributed by atoms with van der Waals surface area (Å²) in [4.78, 5) is 15.9. The van der Waals surface area contributed by atoms with Gasteiger partial charge in [-0.25, -0.2) is 4.39 Å². The van der Waals surface area contributed by atoms with Crippen molar-refractivity contribution >= 4 is 35.0 Å². The second-order valence-corrected chi connectivity index (χ2v) is 8.00. The highest BCUT2D eigenvalue weighted by atomic mass is 35.5. The first-order chi connectivity index (χ1) is 13.8. The lowest BCUT2D eigenvalue weighted by Gasteiger charge is -2.36. The molecular weight excluding hydrogens is 428 g/mol. The van der Waals surface area contributed by atoms with Crippen molar-refractivity contribution in [2.45, 2.75) is 11.9 Å². The van der Waals surface area contributed by atoms with E-state index in [-0.39, 0.29) is 11.7 Å². The molecule has 1 fully saturated rings. The molecule has 0 aliphatic carbocycles. The third-order valence-corrected chi connectivity index (χ3v) is 6.00. The van der Waals surface area contributed by atoms with E-state index in [4.69, 9.17) is 11.6 Å². The summed E-state index contributed by atoms with van der Waals surface area (Å²) in [6.45, 7) is 1.76. The van der Waals surface area contributed by atoms with E-state index in [2.05, 4.69) is 0 Å². The van der Waals surface area contributed by atoms with Crippen molar-refractivity contribution in [1.29, 1.82) is 0 Å². The molecular formula is C20H19ClF4N2OS. The Bertz CT molecular complexity index is 850. The van der Waals surface area contributed by atoms with Crippen LogP contribution in [-0.2, 0) is 16.7 Å². The smallest absolute Gasteiger partial charge is 0.368 e. The number of carbonyl (C=O) groups excluding carboxylic acids is 1. The molecule has 0 unspecified atom stereocenters. The molecule has 1 amide bonds. The molecule has 0 aromatic heterocycles. The van der Waals surface area contributed by atoms with Gasteiger partial charge in [-0.05, 0) is 30.3 Å². The van der Waals surface area contributed by atoms with Gasteiger partial charge in [-0.1, -0.05) is 23.7 Å². The molecule has 0 saturated carbocycles. The summed E-state index contributed by atoms with van der Waals surface area (Å²) in [5.41, 5.74) is 0.188. The Morgan fingerprint density at radius 1 is 1.07 bits per heavy atom. The van der Waals surface area contributed by atoms with Crippen LogP contribution in [0.5, 0.6) is 0 Å². The number of halogens is 5. The topological polar surface area (TPSA) is 23.6 Å². The molecule has 0 spiro atoms. The zero-order chi connectivity index (χ0) is 21.0. The van der Waals surface area contributed by atoms with Crippen molar-refractivity contribution in [1.82, 2.24) is 4.90 Å². The number of anilines is 1. The second-order valence-electron chi connectivity index (χ2n) is 6.61. The zero-order valence-electron chi connectivity index (χ0n) is 15.4. The van der Waals surface area contributed by atoms with Crippen LogP contribution in [0.25, 0.3) is 0 Å². The first-order valence-electron chi connectivity index (χ1n) is 8.96. The lowest BCUT2D eigenvalue weighted by atomic mass is 10.1. The Hall–Kier alpha value is -1.93. The SMILES string of the molecule is O=C(CSCc1c(F)cccc1Cl)N1CCN(c2cccc(C(F)(F)F)c2)CC1. The van der Waals surface area contributed by atoms with Gasteiger partial charge in [0.25, 0.3) is 0 Å². The van der Waals surface area contributed by atoms with Crippen molar-refractivity contribution < 1.29 is 22.4 Å². The standard InChI is InChI=1S/C20H19ClF4N2OS/c21-17-5-2-6-18(22)16(17)12-29-13-19(28)27-9-7-26(8-10-27)15-4-1-3-14(11-15)20(23,24)25/h1-6,11H,7-10,12-13H2. The van der Waals surface area contributed by atoms with Crippen LogP contribution in [-0.4, -0.2) is 42.7 Å². The minimum atomic E-state index is -4.38. The predicted octanol–water partition coefficient (Wildman–Crippen LogP) is 5.08. The van der Waals surface area contributed by atoms with Gasteiger partial charge in [0.1, 0.15) is 5.82 Å². The fraction of sp³-hybridized carbons (Fsp3) is 0.350. The van der Waals surface area contributed by atoms with Crippen LogP contribution < -0.4 is 4.90 Å². The number of piperazine rings is 1. The minimum Gasteiger partial charge on any atom is -0.368 e. The number of benzene rings is 2. The van der Waals surface area contributed by atoms with Gasteiger partial charge in [0.05, 0.1) is 11.3 Å². The van der Waals surface area contributed by atoms with Crippen LogP contribution in [0.3, 0.4) is 0 Å². The number of thioether (sulfide) groups is 1. The van der Waals surface area contributed by atoms with E-state index in [0.29, 0.717) is 48.2 Å². The monoisotopic (exact) mass is 446 g/mol. The summed E-state index contributed by atoms with van der Waals surface area (Å²) >= 11 is 7.27. The molecule has 0 radical (unpaired) electrons. The van der Waals surface area contributed by atoms with Crippen molar-refractivity contribution in [2.75, 3.05) is 36.8 Å². The molecule has 0 bridgehead atoms. The van der Waals surface area contributed by atoms with Crippen molar-refractivity contribution in [3.05, 3.63) is 64.4 Å². The number of rotatable bonds is 5. The van der Waals surface area contributed by atoms with Crippen molar-refractivity contribution in [3.63, 3.8) is 0 Å². The van der Waals surface area contributed by atoms with Crippen LogP contribution >= 0.6 is 23.4 Å². The Labute approximate surface area is 175 Å². The molecule has 0 N–H and O–H groups in total. The number of hydrogen-bond donors (Lipinski definition) is 0. The second kappa shape index (κ2) is 9.26. The van der Waals surface area contributed by atoms with Crippen molar-refractivity contribution in [2.24, 2.45) is 0 Å². The van der Waals surface area contributed by atoms with E-state index in [1.165, 1.54) is 30.0 Å². The Kier molecular flexibility index (Phi) is 6.95. The fourth-order valence-electron chi connectivity index (χ4n) is 3.09. The maximum atomic E-state index is 13.8. The summed E-state index contributed by atoms with van der Waals surface area (Å²) in [5.74, 6) is 0.00802. The van der Waals surface area contributed by atoms with E-state index < -0.39 is 17.6 Å². The number of amides is 1. The molecule has 9 heteroatoms. The minimum absolute atomic E-state index is 0.0776. The lowest BCUT2D eigenvalue weighted by molar-refractivity contribution is -0.137. The molecule has 1 aliphatic heterocycles. The molecule has 0 atom stereocenters. The summed E-state index contributed by atoms with van der Waals surface area (Å²) in [6, 6.07) is 9.67. The Morgan fingerprint density at radius 2 is 1.76 bits per heavy atom. The van der Waals surface area contributed by atoms with E-state index in [0.717, 1.165) is 12.1 Å². The molecule has 2 aromatic rings. The van der Waals surface area contributed by atoms with Gasteiger partial charge in [-0.3, -0.25) is 4.79 Å². The molecule has 1 saturated heterocycles. The average Bonchev–Trinajstić information content (AvgIpc) is 2.70. The lowest BCUT2D eigenvalue weighted by Crippen LogP contribution is -2.49. The molecule has 3 nitrogen and oxygen atoms in total. The van der Waals surface area contributed by atoms with Crippen LogP contribution in [0.2, 0.25) is 5.02 Å². The van der Waals surface area contributed by atoms with Gasteiger partial charge in [0.15, 0.2) is 0 Å². The van der Waals surface area contributed by atoms with Crippen LogP contribution in [0.15, 0.2) is 42.5 Å². The van der Waals surface area contributed by atoms with Crippen LogP contribution in [0.1, 0.15) is 11.1 Å². The van der Waals surface area contributed by atoms with E-state index in [1.54, 1.807) is 17.0 Å². The highest BCUT2D eigenvalue weighted by molar-refractivity contribution is 7.99. The highest BCUT2D eigenvalue weighted by Crippen LogP contribution is 2.32. The first kappa shape index (κ1) is 21.8. The van der Waals surface area contributed by atoms with E-state index in [1.807, 2.05) is 4.90 Å². The van der Waals surface area contributed by atoms with Gasteiger partial charge >= 0.3 is 6.18 Å². The normalized spacial score (nSPS) is 14.9. The largest absolute Gasteiger partial charge is 0.416 e. The zero-order valence-corrected chi connectivity index (χ0v) is 17.0. The molecule has 29 heavy (non-hydrogen) atoms. The maximum absolute atomic E-state index is 13.8. The van der Waals surface area contributed by atoms with Gasteiger partial charge < -0.3 is 9.80 Å². The summed E-state index contributed by atoms with van der Waals surface area (Å²) in [6.07, 6.45) is -4.38. The van der Waals surface area contributed by atoms with Crippen LogP contribution in [0.4, 0.5) is 23.2 Å². The molecule has 1 heterocycles. The number of alkyl halides is 3.